The van der Waals surface area contributed by atoms with E-state index in [2.05, 4.69) is 28.6 Å². The molecule has 0 radical (unpaired) electrons. The fourth-order valence-electron chi connectivity index (χ4n) is 2.34. The Bertz CT molecular complexity index is 356. The first-order valence-corrected chi connectivity index (χ1v) is 6.34. The second-order valence-corrected chi connectivity index (χ2v) is 5.12. The van der Waals surface area contributed by atoms with Gasteiger partial charge in [0.25, 0.3) is 0 Å². The maximum atomic E-state index is 5.71. The molecule has 17 heavy (non-hydrogen) atoms. The lowest BCUT2D eigenvalue weighted by molar-refractivity contribution is 0.231. The number of piperazine rings is 1. The maximum Gasteiger partial charge on any atom is 0.125 e. The van der Waals surface area contributed by atoms with Crippen LogP contribution in [0.25, 0.3) is 0 Å². The number of nitrogens with two attached hydrogens (primary N) is 1. The van der Waals surface area contributed by atoms with E-state index in [9.17, 15) is 0 Å². The molecule has 0 amide bonds. The lowest BCUT2D eigenvalue weighted by Crippen LogP contribution is -2.47. The van der Waals surface area contributed by atoms with Gasteiger partial charge in [-0.25, -0.2) is 4.98 Å². The zero-order valence-corrected chi connectivity index (χ0v) is 10.8. The average molecular weight is 234 g/mol. The molecule has 0 spiro atoms. The number of rotatable bonds is 3. The molecule has 0 aromatic carbocycles. The fraction of sp³-hybridized carbons (Fsp3) is 0.615. The molecule has 4 heteroatoms. The van der Waals surface area contributed by atoms with E-state index in [1.807, 2.05) is 12.1 Å². The first-order valence-electron chi connectivity index (χ1n) is 6.34. The van der Waals surface area contributed by atoms with Crippen LogP contribution in [-0.4, -0.2) is 42.6 Å². The smallest absolute Gasteiger partial charge is 0.125 e. The molecule has 1 saturated heterocycles. The van der Waals surface area contributed by atoms with Gasteiger partial charge in [-0.05, 0) is 12.0 Å². The molecule has 1 aliphatic rings. The molecule has 0 bridgehead atoms. The quantitative estimate of drug-likeness (QED) is 0.859. The maximum absolute atomic E-state index is 5.71. The van der Waals surface area contributed by atoms with Crippen molar-refractivity contribution in [2.45, 2.75) is 13.8 Å². The Morgan fingerprint density at radius 3 is 2.59 bits per heavy atom. The van der Waals surface area contributed by atoms with Gasteiger partial charge in [-0.1, -0.05) is 13.8 Å². The predicted octanol–water partition coefficient (Wildman–Crippen LogP) is 1.44. The van der Waals surface area contributed by atoms with Crippen LogP contribution in [0, 0.1) is 5.92 Å². The van der Waals surface area contributed by atoms with Crippen molar-refractivity contribution in [3.63, 3.8) is 0 Å². The monoisotopic (exact) mass is 234 g/mol. The van der Waals surface area contributed by atoms with Gasteiger partial charge < -0.3 is 10.6 Å². The summed E-state index contributed by atoms with van der Waals surface area (Å²) in [5.41, 5.74) is 6.91. The van der Waals surface area contributed by atoms with E-state index in [1.54, 1.807) is 6.20 Å². The zero-order valence-electron chi connectivity index (χ0n) is 10.8. The number of hydrogen-bond donors (Lipinski definition) is 1. The van der Waals surface area contributed by atoms with Crippen LogP contribution in [0.3, 0.4) is 0 Å². The van der Waals surface area contributed by atoms with Crippen LogP contribution in [0.1, 0.15) is 13.8 Å². The van der Waals surface area contributed by atoms with Gasteiger partial charge in [-0.2, -0.15) is 0 Å². The van der Waals surface area contributed by atoms with Crippen LogP contribution in [-0.2, 0) is 0 Å². The van der Waals surface area contributed by atoms with Crippen LogP contribution in [0.4, 0.5) is 11.5 Å². The normalized spacial score (nSPS) is 17.7. The van der Waals surface area contributed by atoms with Gasteiger partial charge in [0.2, 0.25) is 0 Å². The SMILES string of the molecule is CC(C)CN1CCN(c2ccnc(N)c2)CC1. The van der Waals surface area contributed by atoms with E-state index in [0.717, 1.165) is 32.1 Å². The van der Waals surface area contributed by atoms with Gasteiger partial charge >= 0.3 is 0 Å². The van der Waals surface area contributed by atoms with Crippen LogP contribution in [0.5, 0.6) is 0 Å². The van der Waals surface area contributed by atoms with Crippen molar-refractivity contribution in [1.82, 2.24) is 9.88 Å². The Balaban J connectivity index is 1.91. The molecule has 0 saturated carbocycles. The summed E-state index contributed by atoms with van der Waals surface area (Å²) in [6.07, 6.45) is 1.78. The summed E-state index contributed by atoms with van der Waals surface area (Å²) in [7, 11) is 0. The van der Waals surface area contributed by atoms with E-state index in [-0.39, 0.29) is 0 Å². The van der Waals surface area contributed by atoms with E-state index in [0.29, 0.717) is 5.82 Å². The molecule has 0 atom stereocenters. The third-order valence-electron chi connectivity index (χ3n) is 3.13. The van der Waals surface area contributed by atoms with Crippen LogP contribution in [0.15, 0.2) is 18.3 Å². The summed E-state index contributed by atoms with van der Waals surface area (Å²) in [5.74, 6) is 1.35. The Hall–Kier alpha value is -1.29. The molecular weight excluding hydrogens is 212 g/mol. The Kier molecular flexibility index (Phi) is 3.84. The zero-order chi connectivity index (χ0) is 12.3. The highest BCUT2D eigenvalue weighted by Gasteiger charge is 2.17. The summed E-state index contributed by atoms with van der Waals surface area (Å²) in [5, 5.41) is 0. The number of aromatic nitrogens is 1. The van der Waals surface area contributed by atoms with Gasteiger partial charge in [-0.15, -0.1) is 0 Å². The van der Waals surface area contributed by atoms with Crippen LogP contribution in [0.2, 0.25) is 0 Å². The molecule has 2 rings (SSSR count). The summed E-state index contributed by atoms with van der Waals surface area (Å²) in [6.45, 7) is 10.2. The molecule has 94 valence electrons. The third-order valence-corrected chi connectivity index (χ3v) is 3.13. The first-order chi connectivity index (χ1) is 8.15. The summed E-state index contributed by atoms with van der Waals surface area (Å²) in [6, 6.07) is 3.99. The summed E-state index contributed by atoms with van der Waals surface area (Å²) < 4.78 is 0. The van der Waals surface area contributed by atoms with Crippen molar-refractivity contribution < 1.29 is 0 Å². The Labute approximate surface area is 103 Å². The number of nitrogen functional groups attached to an aromatic ring is 1. The summed E-state index contributed by atoms with van der Waals surface area (Å²) >= 11 is 0. The van der Waals surface area contributed by atoms with E-state index in [1.165, 1.54) is 12.2 Å². The lowest BCUT2D eigenvalue weighted by Gasteiger charge is -2.36. The second-order valence-electron chi connectivity index (χ2n) is 5.12. The lowest BCUT2D eigenvalue weighted by atomic mass is 10.2. The van der Waals surface area contributed by atoms with Crippen molar-refractivity contribution in [3.8, 4) is 0 Å². The van der Waals surface area contributed by atoms with Crippen molar-refractivity contribution >= 4 is 11.5 Å². The number of anilines is 2. The molecule has 1 aliphatic heterocycles. The number of nitrogens with zero attached hydrogens (tertiary/aromatic N) is 3. The first kappa shape index (κ1) is 12.2. The van der Waals surface area contributed by atoms with Crippen molar-refractivity contribution in [2.24, 2.45) is 5.92 Å². The minimum Gasteiger partial charge on any atom is -0.384 e. The highest BCUT2D eigenvalue weighted by atomic mass is 15.3. The van der Waals surface area contributed by atoms with E-state index >= 15 is 0 Å². The number of pyridine rings is 1. The predicted molar refractivity (Wildman–Crippen MR) is 72.1 cm³/mol. The Morgan fingerprint density at radius 1 is 1.29 bits per heavy atom. The minimum atomic E-state index is 0.604. The van der Waals surface area contributed by atoms with Crippen LogP contribution < -0.4 is 10.6 Å². The Morgan fingerprint density at radius 2 is 2.00 bits per heavy atom. The standard InChI is InChI=1S/C13H22N4/c1-11(2)10-16-5-7-17(8-6-16)12-3-4-15-13(14)9-12/h3-4,9,11H,5-8,10H2,1-2H3,(H2,14,15). The van der Waals surface area contributed by atoms with Gasteiger partial charge in [0.15, 0.2) is 0 Å². The van der Waals surface area contributed by atoms with Crippen LogP contribution >= 0.6 is 0 Å². The topological polar surface area (TPSA) is 45.4 Å². The molecule has 0 aliphatic carbocycles. The minimum absolute atomic E-state index is 0.604. The van der Waals surface area contributed by atoms with Crippen molar-refractivity contribution in [2.75, 3.05) is 43.4 Å². The molecule has 0 unspecified atom stereocenters. The molecule has 1 fully saturated rings. The number of hydrogen-bond acceptors (Lipinski definition) is 4. The van der Waals surface area contributed by atoms with Gasteiger partial charge in [0.1, 0.15) is 5.82 Å². The molecule has 4 nitrogen and oxygen atoms in total. The van der Waals surface area contributed by atoms with Gasteiger partial charge in [0, 0.05) is 50.7 Å². The second kappa shape index (κ2) is 5.36. The fourth-order valence-corrected chi connectivity index (χ4v) is 2.34. The van der Waals surface area contributed by atoms with E-state index < -0.39 is 0 Å². The van der Waals surface area contributed by atoms with E-state index in [4.69, 9.17) is 5.73 Å². The van der Waals surface area contributed by atoms with Gasteiger partial charge in [-0.3, -0.25) is 4.90 Å². The molecular formula is C13H22N4. The largest absolute Gasteiger partial charge is 0.384 e. The van der Waals surface area contributed by atoms with Crippen molar-refractivity contribution in [1.29, 1.82) is 0 Å². The molecule has 1 aromatic heterocycles. The highest BCUT2D eigenvalue weighted by Crippen LogP contribution is 2.17. The molecule has 2 N–H and O–H groups in total. The molecule has 1 aromatic rings. The van der Waals surface area contributed by atoms with Gasteiger partial charge in [0.05, 0.1) is 0 Å². The summed E-state index contributed by atoms with van der Waals surface area (Å²) in [4.78, 5) is 8.95. The molecule has 2 heterocycles. The van der Waals surface area contributed by atoms with Crippen molar-refractivity contribution in [3.05, 3.63) is 18.3 Å². The highest BCUT2D eigenvalue weighted by molar-refractivity contribution is 5.52. The third kappa shape index (κ3) is 3.33. The average Bonchev–Trinajstić information content (AvgIpc) is 2.29.